The third-order valence-corrected chi connectivity index (χ3v) is 8.03. The average Bonchev–Trinajstić information content (AvgIpc) is 3.47. The van der Waals surface area contributed by atoms with Gasteiger partial charge in [0.05, 0.1) is 11.3 Å². The molecule has 0 atom stereocenters. The summed E-state index contributed by atoms with van der Waals surface area (Å²) >= 11 is 1.48. The molecule has 4 amide bonds. The lowest BCUT2D eigenvalue weighted by molar-refractivity contribution is -0.127. The first-order chi connectivity index (χ1) is 18.2. The predicted molar refractivity (Wildman–Crippen MR) is 140 cm³/mol. The number of nitrogens with zero attached hydrogens (tertiary/aromatic N) is 2. The highest BCUT2D eigenvalue weighted by Crippen LogP contribution is 2.39. The van der Waals surface area contributed by atoms with Crippen LogP contribution in [0.5, 0.6) is 0 Å². The van der Waals surface area contributed by atoms with E-state index in [1.165, 1.54) is 35.6 Å². The SMILES string of the molecule is Cc1cc(/C=C2\NC(=O)N(CC(=O)Nc3ccccc3F)C2=O)c(C)n1-c1sc2c(c1C(=O)O)CCCC2. The Balaban J connectivity index is 1.41. The van der Waals surface area contributed by atoms with Crippen LogP contribution in [0.3, 0.4) is 0 Å². The fraction of sp³-hybridized carbons (Fsp3) is 0.259. The maximum Gasteiger partial charge on any atom is 0.339 e. The number of hydrogen-bond donors (Lipinski definition) is 3. The van der Waals surface area contributed by atoms with Gasteiger partial charge in [-0.25, -0.2) is 18.9 Å². The van der Waals surface area contributed by atoms with Gasteiger partial charge in [-0.2, -0.15) is 0 Å². The van der Waals surface area contributed by atoms with Crippen LogP contribution in [0.25, 0.3) is 11.1 Å². The van der Waals surface area contributed by atoms with Gasteiger partial charge in [0, 0.05) is 16.3 Å². The van der Waals surface area contributed by atoms with Gasteiger partial charge in [0.2, 0.25) is 5.91 Å². The Morgan fingerprint density at radius 2 is 1.92 bits per heavy atom. The molecule has 0 bridgehead atoms. The van der Waals surface area contributed by atoms with E-state index in [1.807, 2.05) is 24.5 Å². The second kappa shape index (κ2) is 9.90. The van der Waals surface area contributed by atoms with E-state index < -0.39 is 36.2 Å². The number of carbonyl (C=O) groups excluding carboxylic acids is 3. The van der Waals surface area contributed by atoms with Crippen molar-refractivity contribution in [3.8, 4) is 5.00 Å². The van der Waals surface area contributed by atoms with E-state index in [4.69, 9.17) is 0 Å². The molecule has 1 aliphatic carbocycles. The number of amides is 4. The number of aryl methyl sites for hydroxylation is 2. The summed E-state index contributed by atoms with van der Waals surface area (Å²) in [6, 6.07) is 6.64. The summed E-state index contributed by atoms with van der Waals surface area (Å²) in [4.78, 5) is 51.9. The van der Waals surface area contributed by atoms with E-state index in [9.17, 15) is 28.7 Å². The molecule has 5 rings (SSSR count). The summed E-state index contributed by atoms with van der Waals surface area (Å²) in [5.74, 6) is -3.01. The number of aromatic nitrogens is 1. The molecule has 0 radical (unpaired) electrons. The minimum absolute atomic E-state index is 0.0159. The number of imide groups is 1. The van der Waals surface area contributed by atoms with E-state index in [0.29, 0.717) is 21.8 Å². The first kappa shape index (κ1) is 25.4. The molecule has 0 saturated carbocycles. The second-order valence-electron chi connectivity index (χ2n) is 9.27. The molecule has 2 aliphatic rings. The third-order valence-electron chi connectivity index (χ3n) is 6.75. The van der Waals surface area contributed by atoms with Crippen LogP contribution in [0, 0.1) is 19.7 Å². The van der Waals surface area contributed by atoms with Crippen LogP contribution in [-0.2, 0) is 22.4 Å². The molecule has 1 fully saturated rings. The largest absolute Gasteiger partial charge is 0.478 e. The molecule has 1 aliphatic heterocycles. The second-order valence-corrected chi connectivity index (χ2v) is 10.3. The number of rotatable bonds is 6. The van der Waals surface area contributed by atoms with E-state index in [-0.39, 0.29) is 11.4 Å². The number of urea groups is 1. The summed E-state index contributed by atoms with van der Waals surface area (Å²) < 4.78 is 15.7. The number of benzene rings is 1. The number of carbonyl (C=O) groups is 4. The minimum atomic E-state index is -0.964. The lowest BCUT2D eigenvalue weighted by Crippen LogP contribution is -2.38. The van der Waals surface area contributed by atoms with Crippen molar-refractivity contribution in [2.45, 2.75) is 39.5 Å². The Morgan fingerprint density at radius 3 is 2.66 bits per heavy atom. The molecule has 2 aromatic heterocycles. The molecule has 38 heavy (non-hydrogen) atoms. The van der Waals surface area contributed by atoms with Gasteiger partial charge in [0.15, 0.2) is 0 Å². The van der Waals surface area contributed by atoms with Crippen molar-refractivity contribution in [3.05, 3.63) is 74.8 Å². The number of carboxylic acids is 1. The molecule has 1 aromatic carbocycles. The number of halogens is 1. The van der Waals surface area contributed by atoms with Gasteiger partial charge in [-0.1, -0.05) is 12.1 Å². The van der Waals surface area contributed by atoms with Gasteiger partial charge in [0.25, 0.3) is 5.91 Å². The predicted octanol–water partition coefficient (Wildman–Crippen LogP) is 4.40. The fourth-order valence-corrected chi connectivity index (χ4v) is 6.43. The summed E-state index contributed by atoms with van der Waals surface area (Å²) in [6.45, 7) is 3.09. The number of fused-ring (bicyclic) bond motifs is 1. The molecule has 9 nitrogen and oxygen atoms in total. The van der Waals surface area contributed by atoms with Crippen molar-refractivity contribution >= 4 is 46.9 Å². The Morgan fingerprint density at radius 1 is 1.18 bits per heavy atom. The highest BCUT2D eigenvalue weighted by molar-refractivity contribution is 7.15. The quantitative estimate of drug-likeness (QED) is 0.319. The van der Waals surface area contributed by atoms with Gasteiger partial charge < -0.3 is 20.3 Å². The molecular formula is C27H25FN4O5S. The van der Waals surface area contributed by atoms with Gasteiger partial charge in [-0.05, 0) is 74.9 Å². The minimum Gasteiger partial charge on any atom is -0.478 e. The Hall–Kier alpha value is -4.25. The van der Waals surface area contributed by atoms with E-state index in [2.05, 4.69) is 10.6 Å². The number of thiophene rings is 1. The van der Waals surface area contributed by atoms with Crippen molar-refractivity contribution in [2.24, 2.45) is 0 Å². The van der Waals surface area contributed by atoms with Crippen LogP contribution in [0.15, 0.2) is 36.0 Å². The number of hydrogen-bond acceptors (Lipinski definition) is 5. The fourth-order valence-electron chi connectivity index (χ4n) is 4.94. The first-order valence-electron chi connectivity index (χ1n) is 12.1. The topological polar surface area (TPSA) is 121 Å². The van der Waals surface area contributed by atoms with E-state index >= 15 is 0 Å². The number of carboxylic acid groups (broad SMARTS) is 1. The third kappa shape index (κ3) is 4.49. The molecule has 3 aromatic rings. The van der Waals surface area contributed by atoms with Crippen LogP contribution in [0.4, 0.5) is 14.9 Å². The zero-order chi connectivity index (χ0) is 27.1. The van der Waals surface area contributed by atoms with Gasteiger partial charge in [-0.3, -0.25) is 9.59 Å². The summed E-state index contributed by atoms with van der Waals surface area (Å²) in [6.07, 6.45) is 5.11. The highest BCUT2D eigenvalue weighted by atomic mass is 32.1. The Bertz CT molecular complexity index is 1540. The normalized spacial score (nSPS) is 16.1. The summed E-state index contributed by atoms with van der Waals surface area (Å²) in [7, 11) is 0. The monoisotopic (exact) mass is 536 g/mol. The molecule has 3 heterocycles. The molecule has 3 N–H and O–H groups in total. The molecule has 0 spiro atoms. The molecule has 11 heteroatoms. The van der Waals surface area contributed by atoms with Crippen molar-refractivity contribution in [3.63, 3.8) is 0 Å². The number of nitrogens with one attached hydrogen (secondary N) is 2. The van der Waals surface area contributed by atoms with Crippen LogP contribution in [-0.4, -0.2) is 44.9 Å². The van der Waals surface area contributed by atoms with E-state index in [0.717, 1.165) is 46.7 Å². The van der Waals surface area contributed by atoms with Crippen LogP contribution in [0.2, 0.25) is 0 Å². The lowest BCUT2D eigenvalue weighted by atomic mass is 9.95. The standard InChI is InChI=1S/C27H25FN4O5S/c1-14-11-16(15(2)32(14)25-23(26(35)36)17-7-3-6-10-21(17)38-25)12-20-24(34)31(27(37)30-20)13-22(33)29-19-9-5-4-8-18(19)28/h4-5,8-9,11-12H,3,6-7,10,13H2,1-2H3,(H,29,33)(H,30,37)(H,35,36)/b20-12-. The van der Waals surface area contributed by atoms with Crippen LogP contribution in [0.1, 0.15) is 50.6 Å². The van der Waals surface area contributed by atoms with Crippen molar-refractivity contribution < 1.29 is 28.7 Å². The van der Waals surface area contributed by atoms with Crippen molar-refractivity contribution in [2.75, 3.05) is 11.9 Å². The van der Waals surface area contributed by atoms with Crippen LogP contribution >= 0.6 is 11.3 Å². The zero-order valence-corrected chi connectivity index (χ0v) is 21.6. The maximum atomic E-state index is 13.8. The maximum absolute atomic E-state index is 13.8. The van der Waals surface area contributed by atoms with Crippen LogP contribution < -0.4 is 10.6 Å². The van der Waals surface area contributed by atoms with Crippen molar-refractivity contribution in [1.29, 1.82) is 0 Å². The average molecular weight is 537 g/mol. The Labute approximate surface area is 221 Å². The molecule has 196 valence electrons. The summed E-state index contributed by atoms with van der Waals surface area (Å²) in [5.41, 5.74) is 3.29. The molecule has 0 unspecified atom stereocenters. The number of anilines is 1. The number of aromatic carboxylic acids is 1. The zero-order valence-electron chi connectivity index (χ0n) is 20.8. The Kier molecular flexibility index (Phi) is 6.62. The highest BCUT2D eigenvalue weighted by Gasteiger charge is 2.35. The molecule has 1 saturated heterocycles. The summed E-state index contributed by atoms with van der Waals surface area (Å²) in [5, 5.41) is 15.5. The first-order valence-corrected chi connectivity index (χ1v) is 12.9. The lowest BCUT2D eigenvalue weighted by Gasteiger charge is -2.12. The smallest absolute Gasteiger partial charge is 0.339 e. The van der Waals surface area contributed by atoms with Crippen molar-refractivity contribution in [1.82, 2.24) is 14.8 Å². The van der Waals surface area contributed by atoms with E-state index in [1.54, 1.807) is 6.07 Å². The molecular weight excluding hydrogens is 511 g/mol. The van der Waals surface area contributed by atoms with Gasteiger partial charge in [-0.15, -0.1) is 11.3 Å². The number of para-hydroxylation sites is 1. The van der Waals surface area contributed by atoms with Gasteiger partial charge in [0.1, 0.15) is 23.1 Å². The van der Waals surface area contributed by atoms with Gasteiger partial charge >= 0.3 is 12.0 Å².